The molecule has 0 saturated heterocycles. The number of alkyl carbamates (subject to hydrolysis) is 1. The van der Waals surface area contributed by atoms with E-state index in [1.165, 1.54) is 0 Å². The predicted molar refractivity (Wildman–Crippen MR) is 94.6 cm³/mol. The zero-order valence-corrected chi connectivity index (χ0v) is 14.8. The molecule has 6 nitrogen and oxygen atoms in total. The Balaban J connectivity index is 0.00000400. The van der Waals surface area contributed by atoms with Crippen LogP contribution in [0.15, 0.2) is 35.3 Å². The largest absolute Gasteiger partial charge is 0.444 e. The fraction of sp³-hybridized carbons (Fsp3) is 0.429. The maximum absolute atomic E-state index is 11.8. The van der Waals surface area contributed by atoms with Crippen molar-refractivity contribution in [2.24, 2.45) is 16.5 Å². The molecule has 0 spiro atoms. The lowest BCUT2D eigenvalue weighted by Gasteiger charge is -2.23. The van der Waals surface area contributed by atoms with Gasteiger partial charge >= 0.3 is 6.09 Å². The number of halogens is 1. The van der Waals surface area contributed by atoms with E-state index in [-0.39, 0.29) is 42.5 Å². The first-order valence-electron chi connectivity index (χ1n) is 6.38. The van der Waals surface area contributed by atoms with Crippen molar-refractivity contribution in [1.29, 1.82) is 0 Å². The molecule has 0 aromatic heterocycles. The third-order valence-electron chi connectivity index (χ3n) is 2.35. The van der Waals surface area contributed by atoms with Crippen molar-refractivity contribution in [2.75, 3.05) is 6.54 Å². The van der Waals surface area contributed by atoms with Crippen LogP contribution >= 0.6 is 24.0 Å². The molecule has 0 radical (unpaired) electrons. The molecule has 1 atom stereocenters. The van der Waals surface area contributed by atoms with E-state index in [1.807, 2.05) is 30.3 Å². The molecule has 0 aliphatic rings. The number of amides is 1. The zero-order valence-electron chi connectivity index (χ0n) is 12.5. The Bertz CT molecular complexity index is 468. The van der Waals surface area contributed by atoms with Crippen molar-refractivity contribution in [1.82, 2.24) is 5.32 Å². The van der Waals surface area contributed by atoms with E-state index < -0.39 is 11.7 Å². The van der Waals surface area contributed by atoms with Gasteiger partial charge in [0.2, 0.25) is 0 Å². The molecule has 1 aromatic rings. The van der Waals surface area contributed by atoms with Gasteiger partial charge in [0.05, 0.1) is 12.6 Å². The van der Waals surface area contributed by atoms with Crippen molar-refractivity contribution in [3.63, 3.8) is 0 Å². The van der Waals surface area contributed by atoms with Gasteiger partial charge in [-0.15, -0.1) is 24.0 Å². The van der Waals surface area contributed by atoms with Gasteiger partial charge in [-0.3, -0.25) is 4.99 Å². The third kappa shape index (κ3) is 8.38. The van der Waals surface area contributed by atoms with Crippen molar-refractivity contribution in [3.05, 3.63) is 35.9 Å². The average Bonchev–Trinajstić information content (AvgIpc) is 2.33. The molecule has 0 fully saturated rings. The highest BCUT2D eigenvalue weighted by molar-refractivity contribution is 14.0. The van der Waals surface area contributed by atoms with Gasteiger partial charge in [-0.05, 0) is 26.3 Å². The van der Waals surface area contributed by atoms with Crippen molar-refractivity contribution < 1.29 is 9.53 Å². The van der Waals surface area contributed by atoms with Gasteiger partial charge < -0.3 is 21.5 Å². The fourth-order valence-electron chi connectivity index (χ4n) is 1.57. The van der Waals surface area contributed by atoms with Crippen molar-refractivity contribution in [2.45, 2.75) is 32.4 Å². The van der Waals surface area contributed by atoms with E-state index in [9.17, 15) is 4.79 Å². The number of benzene rings is 1. The molecule has 0 aliphatic carbocycles. The van der Waals surface area contributed by atoms with Crippen molar-refractivity contribution >= 4 is 36.0 Å². The predicted octanol–water partition coefficient (Wildman–Crippen LogP) is 2.14. The Morgan fingerprint density at radius 2 is 1.86 bits per heavy atom. The molecular weight excluding hydrogens is 383 g/mol. The second-order valence-corrected chi connectivity index (χ2v) is 5.38. The highest BCUT2D eigenvalue weighted by Gasteiger charge is 2.20. The molecule has 5 N–H and O–H groups in total. The Labute approximate surface area is 142 Å². The topological polar surface area (TPSA) is 103 Å². The summed E-state index contributed by atoms with van der Waals surface area (Å²) in [5, 5.41) is 2.77. The second kappa shape index (κ2) is 8.71. The minimum Gasteiger partial charge on any atom is -0.444 e. The molecule has 1 amide bonds. The number of hydrogen-bond donors (Lipinski definition) is 3. The van der Waals surface area contributed by atoms with E-state index in [1.54, 1.807) is 20.8 Å². The number of guanidine groups is 1. The molecule has 1 aromatic carbocycles. The van der Waals surface area contributed by atoms with Crippen LogP contribution in [0.2, 0.25) is 0 Å². The zero-order chi connectivity index (χ0) is 15.2. The number of aliphatic imine (C=N–C) groups is 1. The van der Waals surface area contributed by atoms with Gasteiger partial charge in [0, 0.05) is 0 Å². The molecule has 0 heterocycles. The van der Waals surface area contributed by atoms with Crippen LogP contribution < -0.4 is 16.8 Å². The van der Waals surface area contributed by atoms with Gasteiger partial charge in [0.25, 0.3) is 0 Å². The first-order valence-corrected chi connectivity index (χ1v) is 6.38. The standard InChI is InChI=1S/C14H22N4O2.HI/c1-14(2,3)20-13(19)18-11(9-17-12(15)16)10-7-5-4-6-8-10;/h4-8,11H,9H2,1-3H3,(H,18,19)(H4,15,16,17);1H. The molecule has 7 heteroatoms. The van der Waals surface area contributed by atoms with E-state index in [2.05, 4.69) is 10.3 Å². The van der Waals surface area contributed by atoms with Crippen LogP contribution in [-0.4, -0.2) is 24.2 Å². The number of ether oxygens (including phenoxy) is 1. The minimum atomic E-state index is -0.554. The highest BCUT2D eigenvalue weighted by atomic mass is 127. The Morgan fingerprint density at radius 1 is 1.29 bits per heavy atom. The first-order chi connectivity index (χ1) is 9.28. The van der Waals surface area contributed by atoms with Crippen LogP contribution in [0.25, 0.3) is 0 Å². The second-order valence-electron chi connectivity index (χ2n) is 5.38. The van der Waals surface area contributed by atoms with E-state index in [4.69, 9.17) is 16.2 Å². The Morgan fingerprint density at radius 3 is 2.33 bits per heavy atom. The maximum atomic E-state index is 11.8. The SMILES string of the molecule is CC(C)(C)OC(=O)NC(CN=C(N)N)c1ccccc1.I. The Hall–Kier alpha value is -1.51. The summed E-state index contributed by atoms with van der Waals surface area (Å²) < 4.78 is 5.24. The number of nitrogens with one attached hydrogen (secondary N) is 1. The normalized spacial score (nSPS) is 11.8. The molecule has 1 rings (SSSR count). The van der Waals surface area contributed by atoms with Gasteiger partial charge in [0.1, 0.15) is 5.60 Å². The van der Waals surface area contributed by atoms with E-state index in [0.29, 0.717) is 0 Å². The lowest BCUT2D eigenvalue weighted by Crippen LogP contribution is -2.36. The van der Waals surface area contributed by atoms with Crippen LogP contribution in [0.3, 0.4) is 0 Å². The number of hydrogen-bond acceptors (Lipinski definition) is 3. The molecule has 118 valence electrons. The smallest absolute Gasteiger partial charge is 0.408 e. The summed E-state index contributed by atoms with van der Waals surface area (Å²) in [7, 11) is 0. The lowest BCUT2D eigenvalue weighted by atomic mass is 10.1. The highest BCUT2D eigenvalue weighted by Crippen LogP contribution is 2.14. The number of nitrogens with zero attached hydrogens (tertiary/aromatic N) is 1. The van der Waals surface area contributed by atoms with E-state index >= 15 is 0 Å². The number of carbonyl (C=O) groups excluding carboxylic acids is 1. The molecule has 0 saturated carbocycles. The molecular formula is C14H23IN4O2. The third-order valence-corrected chi connectivity index (χ3v) is 2.35. The van der Waals surface area contributed by atoms with Gasteiger partial charge in [-0.25, -0.2) is 4.79 Å². The first kappa shape index (κ1) is 19.5. The average molecular weight is 406 g/mol. The van der Waals surface area contributed by atoms with Gasteiger partial charge in [-0.2, -0.15) is 0 Å². The van der Waals surface area contributed by atoms with E-state index in [0.717, 1.165) is 5.56 Å². The van der Waals surface area contributed by atoms with Crippen LogP contribution in [-0.2, 0) is 4.74 Å². The molecule has 21 heavy (non-hydrogen) atoms. The van der Waals surface area contributed by atoms with Crippen LogP contribution in [0.4, 0.5) is 4.79 Å². The Kier molecular flexibility index (Phi) is 8.08. The van der Waals surface area contributed by atoms with Crippen molar-refractivity contribution in [3.8, 4) is 0 Å². The summed E-state index contributed by atoms with van der Waals surface area (Å²) >= 11 is 0. The molecule has 1 unspecified atom stereocenters. The molecule has 0 bridgehead atoms. The number of carbonyl (C=O) groups is 1. The van der Waals surface area contributed by atoms with Gasteiger partial charge in [-0.1, -0.05) is 30.3 Å². The van der Waals surface area contributed by atoms with Gasteiger partial charge in [0.15, 0.2) is 5.96 Å². The fourth-order valence-corrected chi connectivity index (χ4v) is 1.57. The summed E-state index contributed by atoms with van der Waals surface area (Å²) in [4.78, 5) is 15.8. The quantitative estimate of drug-likeness (QED) is 0.405. The van der Waals surface area contributed by atoms with Crippen LogP contribution in [0.5, 0.6) is 0 Å². The van der Waals surface area contributed by atoms with Crippen LogP contribution in [0.1, 0.15) is 32.4 Å². The summed E-state index contributed by atoms with van der Waals surface area (Å²) in [5.74, 6) is -0.0167. The minimum absolute atomic E-state index is 0. The molecule has 0 aliphatic heterocycles. The lowest BCUT2D eigenvalue weighted by molar-refractivity contribution is 0.0505. The number of rotatable bonds is 4. The summed E-state index contributed by atoms with van der Waals surface area (Å²) in [6.07, 6.45) is -0.503. The number of nitrogens with two attached hydrogens (primary N) is 2. The summed E-state index contributed by atoms with van der Waals surface area (Å²) in [6.45, 7) is 5.67. The summed E-state index contributed by atoms with van der Waals surface area (Å²) in [6, 6.07) is 9.11. The summed E-state index contributed by atoms with van der Waals surface area (Å²) in [5.41, 5.74) is 11.0. The maximum Gasteiger partial charge on any atom is 0.408 e. The monoisotopic (exact) mass is 406 g/mol. The van der Waals surface area contributed by atoms with Crippen LogP contribution in [0, 0.1) is 0 Å².